The summed E-state index contributed by atoms with van der Waals surface area (Å²) in [5.41, 5.74) is 6.04. The van der Waals surface area contributed by atoms with Crippen LogP contribution >= 0.6 is 0 Å². The molecule has 0 atom stereocenters. The first kappa shape index (κ1) is 22.3. The second-order valence-corrected chi connectivity index (χ2v) is 8.14. The number of ether oxygens (including phenoxy) is 1. The molecule has 33 heavy (non-hydrogen) atoms. The highest BCUT2D eigenvalue weighted by Gasteiger charge is 2.08. The monoisotopic (exact) mass is 444 g/mol. The van der Waals surface area contributed by atoms with E-state index < -0.39 is 0 Å². The number of carbonyl (C=O) groups excluding carboxylic acids is 1. The van der Waals surface area contributed by atoms with Gasteiger partial charge >= 0.3 is 0 Å². The lowest BCUT2D eigenvalue weighted by atomic mass is 10.1. The minimum atomic E-state index is -0.121. The Morgan fingerprint density at radius 1 is 1.03 bits per heavy atom. The van der Waals surface area contributed by atoms with E-state index in [1.807, 2.05) is 28.9 Å². The lowest BCUT2D eigenvalue weighted by Gasteiger charge is -2.09. The number of aromatic hydroxyl groups is 1. The van der Waals surface area contributed by atoms with E-state index in [-0.39, 0.29) is 11.7 Å². The van der Waals surface area contributed by atoms with Gasteiger partial charge in [-0.15, -0.1) is 5.10 Å². The Morgan fingerprint density at radius 2 is 1.76 bits per heavy atom. The third-order valence-electron chi connectivity index (χ3n) is 5.66. The Morgan fingerprint density at radius 3 is 2.52 bits per heavy atom. The van der Waals surface area contributed by atoms with Crippen molar-refractivity contribution in [2.75, 3.05) is 13.2 Å². The molecule has 0 fully saturated rings. The summed E-state index contributed by atoms with van der Waals surface area (Å²) in [6.45, 7) is 5.96. The summed E-state index contributed by atoms with van der Waals surface area (Å²) in [5, 5.41) is 20.7. The number of aromatic nitrogens is 3. The van der Waals surface area contributed by atoms with Gasteiger partial charge in [-0.3, -0.25) is 4.79 Å². The molecule has 0 saturated carbocycles. The zero-order valence-corrected chi connectivity index (χ0v) is 18.9. The van der Waals surface area contributed by atoms with E-state index in [0.29, 0.717) is 25.1 Å². The highest BCUT2D eigenvalue weighted by molar-refractivity contribution is 5.94. The summed E-state index contributed by atoms with van der Waals surface area (Å²) in [5.74, 6) is 0.844. The summed E-state index contributed by atoms with van der Waals surface area (Å²) in [4.78, 5) is 12.3. The van der Waals surface area contributed by atoms with Gasteiger partial charge in [0.2, 0.25) is 0 Å². The number of fused-ring (bicyclic) bond motifs is 1. The number of aryl methyl sites for hydroxylation is 3. The van der Waals surface area contributed by atoms with E-state index in [2.05, 4.69) is 41.6 Å². The zero-order chi connectivity index (χ0) is 23.2. The number of hydrogen-bond donors (Lipinski definition) is 2. The molecule has 1 aromatic heterocycles. The molecule has 1 heterocycles. The second-order valence-electron chi connectivity index (χ2n) is 8.14. The van der Waals surface area contributed by atoms with E-state index in [1.165, 1.54) is 11.1 Å². The van der Waals surface area contributed by atoms with E-state index in [4.69, 9.17) is 4.74 Å². The molecule has 7 heteroatoms. The number of rotatable bonds is 9. The van der Waals surface area contributed by atoms with Crippen LogP contribution in [0.1, 0.15) is 33.5 Å². The van der Waals surface area contributed by atoms with Crippen molar-refractivity contribution in [1.82, 2.24) is 20.3 Å². The van der Waals surface area contributed by atoms with Gasteiger partial charge in [0, 0.05) is 25.1 Å². The molecule has 1 amide bonds. The largest absolute Gasteiger partial charge is 0.508 e. The van der Waals surface area contributed by atoms with Gasteiger partial charge in [-0.05, 0) is 85.5 Å². The molecule has 3 aromatic carbocycles. The van der Waals surface area contributed by atoms with Crippen LogP contribution in [0.25, 0.3) is 11.0 Å². The van der Waals surface area contributed by atoms with Crippen molar-refractivity contribution < 1.29 is 14.6 Å². The van der Waals surface area contributed by atoms with Crippen LogP contribution < -0.4 is 10.1 Å². The first-order valence-electron chi connectivity index (χ1n) is 11.1. The number of carbonyl (C=O) groups is 1. The lowest BCUT2D eigenvalue weighted by Crippen LogP contribution is -2.25. The number of phenols is 1. The first-order valence-corrected chi connectivity index (χ1v) is 11.1. The predicted octanol–water partition coefficient (Wildman–Crippen LogP) is 4.20. The van der Waals surface area contributed by atoms with E-state index in [9.17, 15) is 9.90 Å². The molecule has 4 rings (SSSR count). The number of benzene rings is 3. The standard InChI is InChI=1S/C26H28N4O3/c1-18-16-24-25(17-19(18)2)30(29-28-24)14-3-15-33-23-10-6-21(7-11-23)26(32)27-13-12-20-4-8-22(31)9-5-20/h4-11,16-17,31H,3,12-15H2,1-2H3,(H,27,32). The normalized spacial score (nSPS) is 11.0. The Kier molecular flexibility index (Phi) is 6.88. The van der Waals surface area contributed by atoms with Crippen LogP contribution in [-0.2, 0) is 13.0 Å². The molecule has 0 unspecified atom stereocenters. The Labute approximate surface area is 193 Å². The fraction of sp³-hybridized carbons (Fsp3) is 0.269. The van der Waals surface area contributed by atoms with Gasteiger partial charge in [0.25, 0.3) is 5.91 Å². The number of hydrogen-bond acceptors (Lipinski definition) is 5. The van der Waals surface area contributed by atoms with Gasteiger partial charge in [0.15, 0.2) is 0 Å². The van der Waals surface area contributed by atoms with Crippen LogP contribution in [-0.4, -0.2) is 39.2 Å². The van der Waals surface area contributed by atoms with Crippen molar-refractivity contribution >= 4 is 16.9 Å². The Bertz CT molecular complexity index is 1230. The van der Waals surface area contributed by atoms with Crippen LogP contribution in [0.4, 0.5) is 0 Å². The molecule has 2 N–H and O–H groups in total. The maximum absolute atomic E-state index is 12.3. The molecule has 0 spiro atoms. The van der Waals surface area contributed by atoms with Crippen molar-refractivity contribution in [3.63, 3.8) is 0 Å². The molecule has 0 radical (unpaired) electrons. The maximum Gasteiger partial charge on any atom is 0.251 e. The predicted molar refractivity (Wildman–Crippen MR) is 128 cm³/mol. The van der Waals surface area contributed by atoms with Gasteiger partial charge in [-0.1, -0.05) is 17.3 Å². The average Bonchev–Trinajstić information content (AvgIpc) is 3.20. The third-order valence-corrected chi connectivity index (χ3v) is 5.66. The van der Waals surface area contributed by atoms with Crippen molar-refractivity contribution in [2.45, 2.75) is 33.2 Å². The van der Waals surface area contributed by atoms with Gasteiger partial charge in [-0.25, -0.2) is 4.68 Å². The fourth-order valence-electron chi connectivity index (χ4n) is 3.58. The van der Waals surface area contributed by atoms with E-state index >= 15 is 0 Å². The average molecular weight is 445 g/mol. The minimum Gasteiger partial charge on any atom is -0.508 e. The van der Waals surface area contributed by atoms with Gasteiger partial charge in [-0.2, -0.15) is 0 Å². The van der Waals surface area contributed by atoms with Gasteiger partial charge in [0.1, 0.15) is 17.0 Å². The molecule has 0 bridgehead atoms. The van der Waals surface area contributed by atoms with Crippen molar-refractivity contribution in [3.05, 3.63) is 82.9 Å². The maximum atomic E-state index is 12.3. The van der Waals surface area contributed by atoms with Crippen molar-refractivity contribution in [3.8, 4) is 11.5 Å². The van der Waals surface area contributed by atoms with Crippen LogP contribution in [0.3, 0.4) is 0 Å². The summed E-state index contributed by atoms with van der Waals surface area (Å²) in [7, 11) is 0. The van der Waals surface area contributed by atoms with Crippen LogP contribution in [0.2, 0.25) is 0 Å². The fourth-order valence-corrected chi connectivity index (χ4v) is 3.58. The Balaban J connectivity index is 1.21. The molecule has 0 aliphatic carbocycles. The molecule has 0 aliphatic rings. The van der Waals surface area contributed by atoms with Crippen molar-refractivity contribution in [2.24, 2.45) is 0 Å². The number of phenolic OH excluding ortho intramolecular Hbond substituents is 1. The SMILES string of the molecule is Cc1cc2nnn(CCCOc3ccc(C(=O)NCCc4ccc(O)cc4)cc3)c2cc1C. The second kappa shape index (κ2) is 10.2. The van der Waals surface area contributed by atoms with Crippen LogP contribution in [0.5, 0.6) is 11.5 Å². The summed E-state index contributed by atoms with van der Waals surface area (Å²) in [6.07, 6.45) is 1.50. The number of nitrogens with one attached hydrogen (secondary N) is 1. The number of amides is 1. The zero-order valence-electron chi connectivity index (χ0n) is 18.9. The van der Waals surface area contributed by atoms with Crippen molar-refractivity contribution in [1.29, 1.82) is 0 Å². The lowest BCUT2D eigenvalue weighted by molar-refractivity contribution is 0.0954. The molecular weight excluding hydrogens is 416 g/mol. The summed E-state index contributed by atoms with van der Waals surface area (Å²) < 4.78 is 7.74. The summed E-state index contributed by atoms with van der Waals surface area (Å²) >= 11 is 0. The molecule has 7 nitrogen and oxygen atoms in total. The molecule has 0 saturated heterocycles. The highest BCUT2D eigenvalue weighted by Crippen LogP contribution is 2.18. The molecule has 0 aliphatic heterocycles. The molecule has 4 aromatic rings. The van der Waals surface area contributed by atoms with Gasteiger partial charge < -0.3 is 15.2 Å². The molecular formula is C26H28N4O3. The minimum absolute atomic E-state index is 0.121. The highest BCUT2D eigenvalue weighted by atomic mass is 16.5. The first-order chi connectivity index (χ1) is 16.0. The smallest absolute Gasteiger partial charge is 0.251 e. The molecule has 170 valence electrons. The topological polar surface area (TPSA) is 89.3 Å². The van der Waals surface area contributed by atoms with E-state index in [0.717, 1.165) is 35.3 Å². The quantitative estimate of drug-likeness (QED) is 0.378. The van der Waals surface area contributed by atoms with E-state index in [1.54, 1.807) is 24.3 Å². The van der Waals surface area contributed by atoms with Gasteiger partial charge in [0.05, 0.1) is 12.1 Å². The summed E-state index contributed by atoms with van der Waals surface area (Å²) in [6, 6.07) is 18.3. The third kappa shape index (κ3) is 5.68. The van der Waals surface area contributed by atoms with Crippen LogP contribution in [0, 0.1) is 13.8 Å². The van der Waals surface area contributed by atoms with Crippen LogP contribution in [0.15, 0.2) is 60.7 Å². The number of nitrogens with zero attached hydrogens (tertiary/aromatic N) is 3. The Hall–Kier alpha value is -3.87.